The first-order valence-corrected chi connectivity index (χ1v) is 12.3. The molecule has 1 saturated carbocycles. The normalized spacial score (nSPS) is 14.2. The Labute approximate surface area is 208 Å². The zero-order valence-electron chi connectivity index (χ0n) is 21.6. The van der Waals surface area contributed by atoms with E-state index in [1.807, 2.05) is 50.5 Å². The minimum Gasteiger partial charge on any atom is -0.469 e. The average Bonchev–Trinajstić information content (AvgIpc) is 3.61. The summed E-state index contributed by atoms with van der Waals surface area (Å²) in [5.74, 6) is 0.637. The van der Waals surface area contributed by atoms with E-state index in [1.54, 1.807) is 13.8 Å². The number of esters is 1. The second kappa shape index (κ2) is 11.3. The molecule has 0 radical (unpaired) electrons. The number of hydrogen-bond donors (Lipinski definition) is 0. The molecule has 0 saturated heterocycles. The Hall–Kier alpha value is -3.54. The highest BCUT2D eigenvalue weighted by molar-refractivity contribution is 5.96. The predicted octanol–water partition coefficient (Wildman–Crippen LogP) is 6.43. The Morgan fingerprint density at radius 3 is 2.23 bits per heavy atom. The van der Waals surface area contributed by atoms with Gasteiger partial charge in [0.25, 0.3) is 0 Å². The summed E-state index contributed by atoms with van der Waals surface area (Å²) < 4.78 is 4.26. The number of Topliss-reactive ketones (excluding diaryl/α,β-unsaturated/α-hetero) is 1. The van der Waals surface area contributed by atoms with Crippen molar-refractivity contribution >= 4 is 23.4 Å². The summed E-state index contributed by atoms with van der Waals surface area (Å²) in [6, 6.07) is 14.3. The van der Waals surface area contributed by atoms with Gasteiger partial charge in [0, 0.05) is 47.6 Å². The zero-order valence-corrected chi connectivity index (χ0v) is 21.6. The number of carbonyl (C=O) groups is 2. The van der Waals surface area contributed by atoms with Crippen LogP contribution in [0.15, 0.2) is 54.9 Å². The van der Waals surface area contributed by atoms with Crippen LogP contribution in [0.25, 0.3) is 11.1 Å². The van der Waals surface area contributed by atoms with E-state index in [4.69, 9.17) is 0 Å². The molecule has 2 heterocycles. The van der Waals surface area contributed by atoms with Gasteiger partial charge in [-0.2, -0.15) is 0 Å². The third kappa shape index (κ3) is 5.59. The van der Waals surface area contributed by atoms with Crippen LogP contribution in [-0.2, 0) is 14.9 Å². The minimum absolute atomic E-state index is 0.0883. The van der Waals surface area contributed by atoms with Crippen LogP contribution in [0, 0.1) is 6.92 Å². The molecular weight excluding hydrogens is 438 g/mol. The summed E-state index contributed by atoms with van der Waals surface area (Å²) in [4.78, 5) is 33.3. The summed E-state index contributed by atoms with van der Waals surface area (Å²) >= 11 is 0. The Morgan fingerprint density at radius 2 is 1.71 bits per heavy atom. The van der Waals surface area contributed by atoms with E-state index in [9.17, 15) is 9.59 Å². The molecule has 1 aliphatic carbocycles. The first-order valence-electron chi connectivity index (χ1n) is 12.3. The van der Waals surface area contributed by atoms with Gasteiger partial charge in [0.05, 0.1) is 7.11 Å². The topological polar surface area (TPSA) is 72.4 Å². The molecule has 0 unspecified atom stereocenters. The summed E-state index contributed by atoms with van der Waals surface area (Å²) in [5.41, 5.74) is 6.78. The van der Waals surface area contributed by atoms with Crippen LogP contribution in [0.3, 0.4) is 0 Å². The largest absolute Gasteiger partial charge is 0.469 e. The van der Waals surface area contributed by atoms with Gasteiger partial charge in [0.1, 0.15) is 0 Å². The molecule has 0 amide bonds. The van der Waals surface area contributed by atoms with Crippen molar-refractivity contribution in [1.82, 2.24) is 9.97 Å². The van der Waals surface area contributed by atoms with Crippen LogP contribution >= 0.6 is 0 Å². The van der Waals surface area contributed by atoms with Gasteiger partial charge in [-0.1, -0.05) is 57.2 Å². The van der Waals surface area contributed by atoms with Gasteiger partial charge in [-0.15, -0.1) is 0 Å². The summed E-state index contributed by atoms with van der Waals surface area (Å²) in [7, 11) is 1.38. The van der Waals surface area contributed by atoms with E-state index in [-0.39, 0.29) is 17.2 Å². The zero-order chi connectivity index (χ0) is 25.6. The molecule has 6 nitrogen and oxygen atoms in total. The van der Waals surface area contributed by atoms with Crippen molar-refractivity contribution in [1.29, 1.82) is 0 Å². The summed E-state index contributed by atoms with van der Waals surface area (Å²) in [6.45, 7) is 10.4. The van der Waals surface area contributed by atoms with Gasteiger partial charge in [0.2, 0.25) is 5.95 Å². The van der Waals surface area contributed by atoms with E-state index in [2.05, 4.69) is 44.7 Å². The number of hydrogen-bond acceptors (Lipinski definition) is 6. The monoisotopic (exact) mass is 473 g/mol. The van der Waals surface area contributed by atoms with E-state index in [1.165, 1.54) is 31.1 Å². The highest BCUT2D eigenvalue weighted by Gasteiger charge is 2.52. The number of benzene rings is 2. The average molecular weight is 474 g/mol. The second-order valence-corrected chi connectivity index (χ2v) is 8.67. The molecule has 2 aromatic carbocycles. The maximum atomic E-state index is 11.8. The second-order valence-electron chi connectivity index (χ2n) is 8.67. The van der Waals surface area contributed by atoms with Crippen molar-refractivity contribution in [3.8, 4) is 11.1 Å². The molecule has 5 rings (SSSR count). The molecule has 1 aliphatic heterocycles. The van der Waals surface area contributed by atoms with Crippen molar-refractivity contribution in [2.45, 2.75) is 59.3 Å². The molecule has 184 valence electrons. The fourth-order valence-electron chi connectivity index (χ4n) is 4.29. The van der Waals surface area contributed by atoms with Gasteiger partial charge in [-0.25, -0.2) is 9.97 Å². The Balaban J connectivity index is 0.000000377. The number of ether oxygens (including phenoxy) is 1. The Bertz CT molecular complexity index is 1180. The number of carbonyl (C=O) groups excluding carboxylic acids is 2. The van der Waals surface area contributed by atoms with E-state index in [0.29, 0.717) is 12.4 Å². The van der Waals surface area contributed by atoms with Gasteiger partial charge < -0.3 is 9.64 Å². The standard InChI is InChI=1S/C23H21N3O.C4H8O2.C2H6/c1-15-5-3-4-6-19(15)18-12-24-22(25-13-18)26-14-23(9-10-23)20-8-7-17(16(2)27)11-21(20)26;1-3-4(5)6-2;1-2/h3-8,11-13H,9-10,14H2,1-2H3;3H2,1-2H3;1-2H3. The van der Waals surface area contributed by atoms with Gasteiger partial charge in [0.15, 0.2) is 5.78 Å². The van der Waals surface area contributed by atoms with Gasteiger partial charge in [-0.3, -0.25) is 9.59 Å². The molecule has 2 aliphatic rings. The lowest BCUT2D eigenvalue weighted by molar-refractivity contribution is -0.140. The van der Waals surface area contributed by atoms with E-state index >= 15 is 0 Å². The van der Waals surface area contributed by atoms with Crippen molar-refractivity contribution in [2.75, 3.05) is 18.6 Å². The number of aryl methyl sites for hydroxylation is 1. The molecule has 0 bridgehead atoms. The molecule has 1 aromatic heterocycles. The first-order chi connectivity index (χ1) is 16.9. The van der Waals surface area contributed by atoms with Gasteiger partial charge >= 0.3 is 5.97 Å². The molecule has 0 N–H and O–H groups in total. The summed E-state index contributed by atoms with van der Waals surface area (Å²) in [5, 5.41) is 0. The minimum atomic E-state index is -0.157. The van der Waals surface area contributed by atoms with Crippen molar-refractivity contribution in [3.63, 3.8) is 0 Å². The smallest absolute Gasteiger partial charge is 0.305 e. The van der Waals surface area contributed by atoms with Crippen LogP contribution in [0.2, 0.25) is 0 Å². The number of ketones is 1. The fraction of sp³-hybridized carbons (Fsp3) is 0.379. The lowest BCUT2D eigenvalue weighted by Crippen LogP contribution is -2.21. The number of methoxy groups -OCH3 is 1. The lowest BCUT2D eigenvalue weighted by Gasteiger charge is -2.18. The Morgan fingerprint density at radius 1 is 1.06 bits per heavy atom. The highest BCUT2D eigenvalue weighted by Crippen LogP contribution is 2.57. The quantitative estimate of drug-likeness (QED) is 0.321. The molecule has 6 heteroatoms. The van der Waals surface area contributed by atoms with Crippen molar-refractivity contribution in [3.05, 3.63) is 71.5 Å². The van der Waals surface area contributed by atoms with Crippen LogP contribution in [0.5, 0.6) is 0 Å². The third-order valence-electron chi connectivity index (χ3n) is 6.43. The molecule has 35 heavy (non-hydrogen) atoms. The van der Waals surface area contributed by atoms with Crippen LogP contribution in [0.4, 0.5) is 11.6 Å². The Kier molecular flexibility index (Phi) is 8.39. The molecular formula is C29H35N3O3. The maximum absolute atomic E-state index is 11.8. The van der Waals surface area contributed by atoms with Crippen molar-refractivity contribution < 1.29 is 14.3 Å². The highest BCUT2D eigenvalue weighted by atomic mass is 16.5. The van der Waals surface area contributed by atoms with E-state index in [0.717, 1.165) is 28.9 Å². The van der Waals surface area contributed by atoms with Gasteiger partial charge in [-0.05, 0) is 49.4 Å². The molecule has 0 atom stereocenters. The van der Waals surface area contributed by atoms with Crippen LogP contribution in [-0.4, -0.2) is 35.4 Å². The molecule has 1 fully saturated rings. The SMILES string of the molecule is CC.CC(=O)c1ccc2c(c1)N(c1ncc(-c3ccccc3C)cn1)CC21CC1.CCC(=O)OC. The van der Waals surface area contributed by atoms with Crippen LogP contribution < -0.4 is 4.90 Å². The van der Waals surface area contributed by atoms with Crippen molar-refractivity contribution in [2.24, 2.45) is 0 Å². The fourth-order valence-corrected chi connectivity index (χ4v) is 4.29. The summed E-state index contributed by atoms with van der Waals surface area (Å²) in [6.07, 6.45) is 6.65. The number of nitrogens with zero attached hydrogens (tertiary/aromatic N) is 3. The maximum Gasteiger partial charge on any atom is 0.305 e. The predicted molar refractivity (Wildman–Crippen MR) is 140 cm³/mol. The third-order valence-corrected chi connectivity index (χ3v) is 6.43. The molecule has 1 spiro atoms. The first kappa shape index (κ1) is 26.1. The molecule has 3 aromatic rings. The number of fused-ring (bicyclic) bond motifs is 2. The van der Waals surface area contributed by atoms with Crippen LogP contribution in [0.1, 0.15) is 68.4 Å². The number of aromatic nitrogens is 2. The van der Waals surface area contributed by atoms with E-state index < -0.39 is 0 Å². The number of rotatable bonds is 4. The number of anilines is 2. The lowest BCUT2D eigenvalue weighted by atomic mass is 9.97.